The Kier molecular flexibility index (Phi) is 8.12. The number of thioether (sulfide) groups is 1. The zero-order chi connectivity index (χ0) is 22.4. The van der Waals surface area contributed by atoms with Gasteiger partial charge in [-0.2, -0.15) is 11.8 Å². The molecule has 1 heterocycles. The van der Waals surface area contributed by atoms with Gasteiger partial charge in [0.25, 0.3) is 5.91 Å². The smallest absolute Gasteiger partial charge is 0.251 e. The molecule has 1 aromatic carbocycles. The number of imide groups is 1. The number of hydrogen-bond acceptors (Lipinski definition) is 5. The Morgan fingerprint density at radius 3 is 2.42 bits per heavy atom. The highest BCUT2D eigenvalue weighted by molar-refractivity contribution is 7.98. The van der Waals surface area contributed by atoms with E-state index in [1.165, 1.54) is 4.90 Å². The van der Waals surface area contributed by atoms with E-state index in [2.05, 4.69) is 10.6 Å². The average Bonchev–Trinajstić information content (AvgIpc) is 3.04. The molecule has 31 heavy (non-hydrogen) atoms. The van der Waals surface area contributed by atoms with E-state index in [-0.39, 0.29) is 42.0 Å². The number of benzene rings is 1. The number of rotatable bonds is 9. The monoisotopic (exact) mass is 445 g/mol. The van der Waals surface area contributed by atoms with Gasteiger partial charge in [0.05, 0.1) is 11.8 Å². The van der Waals surface area contributed by atoms with E-state index in [1.807, 2.05) is 19.2 Å². The Morgan fingerprint density at radius 2 is 1.81 bits per heavy atom. The fourth-order valence-corrected chi connectivity index (χ4v) is 4.95. The van der Waals surface area contributed by atoms with Gasteiger partial charge < -0.3 is 10.6 Å². The van der Waals surface area contributed by atoms with Crippen molar-refractivity contribution in [2.75, 3.05) is 18.6 Å². The molecule has 1 saturated heterocycles. The van der Waals surface area contributed by atoms with E-state index in [4.69, 9.17) is 0 Å². The highest BCUT2D eigenvalue weighted by atomic mass is 32.2. The molecule has 1 saturated carbocycles. The molecule has 2 aliphatic rings. The predicted octanol–water partition coefficient (Wildman–Crippen LogP) is 2.35. The maximum atomic E-state index is 13.1. The first kappa shape index (κ1) is 23.3. The third-order valence-electron chi connectivity index (χ3n) is 6.08. The maximum absolute atomic E-state index is 13.1. The average molecular weight is 446 g/mol. The number of nitrogens with one attached hydrogen (secondary N) is 2. The Bertz CT molecular complexity index is 820. The molecule has 1 aliphatic heterocycles. The van der Waals surface area contributed by atoms with Crippen molar-refractivity contribution in [3.05, 3.63) is 35.4 Å². The molecule has 1 aromatic rings. The summed E-state index contributed by atoms with van der Waals surface area (Å²) in [5.74, 6) is -0.707. The van der Waals surface area contributed by atoms with Crippen LogP contribution >= 0.6 is 11.8 Å². The zero-order valence-electron chi connectivity index (χ0n) is 18.2. The quantitative estimate of drug-likeness (QED) is 0.569. The Morgan fingerprint density at radius 1 is 1.13 bits per heavy atom. The number of fused-ring (bicyclic) bond motifs is 1. The standard InChI is InChI=1S/C23H31N3O4S/c1-3-24-20(27)16-8-6-7-15(13-16)14-25-21(28)19(11-12-31-2)26-22(29)17-9-4-5-10-18(17)23(26)30/h6-8,13,17-19H,3-5,9-12,14H2,1-2H3,(H,24,27)(H,25,28). The number of hydrogen-bond donors (Lipinski definition) is 2. The highest BCUT2D eigenvalue weighted by Gasteiger charge is 2.51. The van der Waals surface area contributed by atoms with Gasteiger partial charge >= 0.3 is 0 Å². The van der Waals surface area contributed by atoms with Gasteiger partial charge in [0.2, 0.25) is 17.7 Å². The largest absolute Gasteiger partial charge is 0.352 e. The van der Waals surface area contributed by atoms with Gasteiger partial charge in [-0.25, -0.2) is 0 Å². The van der Waals surface area contributed by atoms with Crippen LogP contribution in [-0.2, 0) is 20.9 Å². The zero-order valence-corrected chi connectivity index (χ0v) is 19.0. The molecule has 0 radical (unpaired) electrons. The van der Waals surface area contributed by atoms with Crippen LogP contribution in [0.1, 0.15) is 54.9 Å². The van der Waals surface area contributed by atoms with Gasteiger partial charge in [-0.3, -0.25) is 24.1 Å². The first-order valence-corrected chi connectivity index (χ1v) is 12.4. The van der Waals surface area contributed by atoms with Crippen LogP contribution in [-0.4, -0.2) is 53.1 Å². The molecule has 3 unspecified atom stereocenters. The second kappa shape index (κ2) is 10.8. The van der Waals surface area contributed by atoms with Crippen LogP contribution in [0.5, 0.6) is 0 Å². The molecule has 3 rings (SSSR count). The van der Waals surface area contributed by atoms with E-state index >= 15 is 0 Å². The summed E-state index contributed by atoms with van der Waals surface area (Å²) < 4.78 is 0. The van der Waals surface area contributed by atoms with E-state index in [1.54, 1.807) is 30.0 Å². The Balaban J connectivity index is 1.71. The SMILES string of the molecule is CCNC(=O)c1cccc(CNC(=O)C(CCSC)N2C(=O)C3CCCCC3C2=O)c1. The minimum Gasteiger partial charge on any atom is -0.352 e. The summed E-state index contributed by atoms with van der Waals surface area (Å²) in [6.07, 6.45) is 5.75. The summed E-state index contributed by atoms with van der Waals surface area (Å²) in [5, 5.41) is 5.64. The molecule has 2 N–H and O–H groups in total. The fraction of sp³-hybridized carbons (Fsp3) is 0.565. The second-order valence-electron chi connectivity index (χ2n) is 8.12. The van der Waals surface area contributed by atoms with Crippen LogP contribution in [0.4, 0.5) is 0 Å². The summed E-state index contributed by atoms with van der Waals surface area (Å²) in [4.78, 5) is 52.4. The minimum atomic E-state index is -0.787. The molecule has 3 atom stereocenters. The lowest BCUT2D eigenvalue weighted by molar-refractivity contribution is -0.148. The summed E-state index contributed by atoms with van der Waals surface area (Å²) >= 11 is 1.58. The highest BCUT2D eigenvalue weighted by Crippen LogP contribution is 2.39. The van der Waals surface area contributed by atoms with Gasteiger partial charge in [-0.15, -0.1) is 0 Å². The molecule has 168 valence electrons. The molecule has 4 amide bonds. The van der Waals surface area contributed by atoms with Crippen molar-refractivity contribution in [1.82, 2.24) is 15.5 Å². The van der Waals surface area contributed by atoms with Crippen LogP contribution in [0.25, 0.3) is 0 Å². The first-order chi connectivity index (χ1) is 15.0. The first-order valence-electron chi connectivity index (χ1n) is 11.0. The summed E-state index contributed by atoms with van der Waals surface area (Å²) in [7, 11) is 0. The van der Waals surface area contributed by atoms with Crippen molar-refractivity contribution in [2.24, 2.45) is 11.8 Å². The van der Waals surface area contributed by atoms with Crippen molar-refractivity contribution >= 4 is 35.4 Å². The third-order valence-corrected chi connectivity index (χ3v) is 6.72. The molecule has 2 fully saturated rings. The van der Waals surface area contributed by atoms with Gasteiger partial charge in [0, 0.05) is 18.7 Å². The molecule has 7 nitrogen and oxygen atoms in total. The molecular weight excluding hydrogens is 414 g/mol. The number of amides is 4. The van der Waals surface area contributed by atoms with Gasteiger partial charge in [0.1, 0.15) is 6.04 Å². The van der Waals surface area contributed by atoms with Crippen molar-refractivity contribution in [1.29, 1.82) is 0 Å². The van der Waals surface area contributed by atoms with Crippen LogP contribution in [0.3, 0.4) is 0 Å². The molecule has 0 spiro atoms. The van der Waals surface area contributed by atoms with Gasteiger partial charge in [-0.1, -0.05) is 25.0 Å². The summed E-state index contributed by atoms with van der Waals surface area (Å²) in [5.41, 5.74) is 1.31. The van der Waals surface area contributed by atoms with E-state index in [9.17, 15) is 19.2 Å². The van der Waals surface area contributed by atoms with Gasteiger partial charge in [-0.05, 0) is 55.9 Å². The van der Waals surface area contributed by atoms with Crippen LogP contribution < -0.4 is 10.6 Å². The maximum Gasteiger partial charge on any atom is 0.251 e. The Hall–Kier alpha value is -2.35. The minimum absolute atomic E-state index is 0.163. The van der Waals surface area contributed by atoms with Crippen molar-refractivity contribution in [2.45, 2.75) is 51.6 Å². The molecule has 8 heteroatoms. The second-order valence-corrected chi connectivity index (χ2v) is 9.10. The Labute approximate surface area is 187 Å². The van der Waals surface area contributed by atoms with Crippen LogP contribution in [0.15, 0.2) is 24.3 Å². The van der Waals surface area contributed by atoms with E-state index in [0.29, 0.717) is 24.3 Å². The normalized spacial score (nSPS) is 21.5. The lowest BCUT2D eigenvalue weighted by Crippen LogP contribution is -2.50. The number of likely N-dealkylation sites (tertiary alicyclic amines) is 1. The molecule has 1 aliphatic carbocycles. The number of carbonyl (C=O) groups excluding carboxylic acids is 4. The van der Waals surface area contributed by atoms with Gasteiger partial charge in [0.15, 0.2) is 0 Å². The van der Waals surface area contributed by atoms with Crippen LogP contribution in [0, 0.1) is 11.8 Å². The fourth-order valence-electron chi connectivity index (χ4n) is 4.49. The summed E-state index contributed by atoms with van der Waals surface area (Å²) in [6.45, 7) is 2.62. The van der Waals surface area contributed by atoms with Crippen molar-refractivity contribution in [3.8, 4) is 0 Å². The van der Waals surface area contributed by atoms with E-state index in [0.717, 1.165) is 31.2 Å². The van der Waals surface area contributed by atoms with Crippen LogP contribution in [0.2, 0.25) is 0 Å². The third kappa shape index (κ3) is 5.29. The summed E-state index contributed by atoms with van der Waals surface area (Å²) in [6, 6.07) is 6.28. The number of carbonyl (C=O) groups is 4. The van der Waals surface area contributed by atoms with Crippen molar-refractivity contribution < 1.29 is 19.2 Å². The lowest BCUT2D eigenvalue weighted by Gasteiger charge is -2.26. The molecule has 0 bridgehead atoms. The predicted molar refractivity (Wildman–Crippen MR) is 120 cm³/mol. The topological polar surface area (TPSA) is 95.6 Å². The van der Waals surface area contributed by atoms with E-state index < -0.39 is 6.04 Å². The molecule has 0 aromatic heterocycles. The lowest BCUT2D eigenvalue weighted by atomic mass is 9.81. The van der Waals surface area contributed by atoms with Crippen molar-refractivity contribution in [3.63, 3.8) is 0 Å². The number of nitrogens with zero attached hydrogens (tertiary/aromatic N) is 1. The molecular formula is C23H31N3O4S.